The van der Waals surface area contributed by atoms with Crippen LogP contribution in [0.15, 0.2) is 30.3 Å². The summed E-state index contributed by atoms with van der Waals surface area (Å²) in [6.07, 6.45) is 11.8. The summed E-state index contributed by atoms with van der Waals surface area (Å²) in [5.41, 5.74) is 0.687. The number of rotatable bonds is 15. The van der Waals surface area contributed by atoms with Crippen LogP contribution in [0.1, 0.15) is 78.2 Å². The van der Waals surface area contributed by atoms with Gasteiger partial charge in [-0.05, 0) is 36.6 Å². The van der Waals surface area contributed by atoms with Crippen molar-refractivity contribution in [1.29, 1.82) is 0 Å². The van der Waals surface area contributed by atoms with Crippen LogP contribution in [0, 0.1) is 5.41 Å². The van der Waals surface area contributed by atoms with E-state index in [1.54, 1.807) is 6.08 Å². The second-order valence-electron chi connectivity index (χ2n) is 10.2. The number of carbonyl (C=O) groups excluding carboxylic acids is 2. The molecule has 1 fully saturated rings. The largest absolute Gasteiger partial charge is 0.494 e. The highest BCUT2D eigenvalue weighted by Crippen LogP contribution is 2.23. The third kappa shape index (κ3) is 10.9. The smallest absolute Gasteiger partial charge is 0.244 e. The van der Waals surface area contributed by atoms with Gasteiger partial charge in [-0.2, -0.15) is 0 Å². The van der Waals surface area contributed by atoms with Gasteiger partial charge in [-0.1, -0.05) is 71.9 Å². The molecular weight excluding hydrogens is 438 g/mol. The number of hydrogen-bond donors (Lipinski definition) is 1. The van der Waals surface area contributed by atoms with Crippen LogP contribution in [0.2, 0.25) is 0 Å². The number of hydrogen-bond acceptors (Lipinski definition) is 4. The summed E-state index contributed by atoms with van der Waals surface area (Å²) in [5.74, 6) is 1.03. The SMILES string of the molecule is CCCCCCCCOc1ccc(/C=C/C(=O)NCCN2CCN(C(=O)C(C)(C)CC)CC2)cc1. The van der Waals surface area contributed by atoms with Gasteiger partial charge in [0.1, 0.15) is 5.75 Å². The summed E-state index contributed by atoms with van der Waals surface area (Å²) >= 11 is 0. The maximum Gasteiger partial charge on any atom is 0.244 e. The zero-order chi connectivity index (χ0) is 25.5. The molecule has 1 heterocycles. The van der Waals surface area contributed by atoms with E-state index in [2.05, 4.69) is 24.1 Å². The molecule has 0 unspecified atom stereocenters. The van der Waals surface area contributed by atoms with Gasteiger partial charge >= 0.3 is 0 Å². The Balaban J connectivity index is 1.60. The topological polar surface area (TPSA) is 61.9 Å². The number of carbonyl (C=O) groups is 2. The van der Waals surface area contributed by atoms with Crippen LogP contribution < -0.4 is 10.1 Å². The van der Waals surface area contributed by atoms with Crippen molar-refractivity contribution in [3.8, 4) is 5.75 Å². The first kappa shape index (κ1) is 28.9. The maximum absolute atomic E-state index is 12.6. The van der Waals surface area contributed by atoms with Crippen LogP contribution in [0.3, 0.4) is 0 Å². The Morgan fingerprint density at radius 2 is 1.63 bits per heavy atom. The molecule has 0 spiro atoms. The van der Waals surface area contributed by atoms with Crippen LogP contribution in [0.25, 0.3) is 6.08 Å². The lowest BCUT2D eigenvalue weighted by Gasteiger charge is -2.38. The number of amides is 2. The molecule has 0 aromatic heterocycles. The van der Waals surface area contributed by atoms with Crippen LogP contribution in [0.4, 0.5) is 0 Å². The van der Waals surface area contributed by atoms with Crippen molar-refractivity contribution in [3.05, 3.63) is 35.9 Å². The Bertz CT molecular complexity index is 781. The molecule has 1 aliphatic heterocycles. The summed E-state index contributed by atoms with van der Waals surface area (Å²) in [6, 6.07) is 7.86. The maximum atomic E-state index is 12.6. The Morgan fingerprint density at radius 3 is 2.29 bits per heavy atom. The molecule has 1 aromatic rings. The molecule has 35 heavy (non-hydrogen) atoms. The summed E-state index contributed by atoms with van der Waals surface area (Å²) in [7, 11) is 0. The molecular formula is C29H47N3O3. The molecule has 0 bridgehead atoms. The fourth-order valence-electron chi connectivity index (χ4n) is 4.07. The zero-order valence-corrected chi connectivity index (χ0v) is 22.5. The van der Waals surface area contributed by atoms with E-state index in [4.69, 9.17) is 4.74 Å². The Kier molecular flexibility index (Phi) is 12.9. The quantitative estimate of drug-likeness (QED) is 0.276. The summed E-state index contributed by atoms with van der Waals surface area (Å²) < 4.78 is 5.82. The van der Waals surface area contributed by atoms with E-state index in [-0.39, 0.29) is 17.2 Å². The van der Waals surface area contributed by atoms with Crippen molar-refractivity contribution in [2.24, 2.45) is 5.41 Å². The average molecular weight is 486 g/mol. The molecule has 0 saturated carbocycles. The summed E-state index contributed by atoms with van der Waals surface area (Å²) in [6.45, 7) is 13.7. The molecule has 0 radical (unpaired) electrons. The molecule has 6 heteroatoms. The van der Waals surface area contributed by atoms with Crippen LogP contribution in [-0.2, 0) is 9.59 Å². The highest BCUT2D eigenvalue weighted by molar-refractivity contribution is 5.91. The van der Waals surface area contributed by atoms with Gasteiger partial charge in [0.15, 0.2) is 0 Å². The van der Waals surface area contributed by atoms with Crippen LogP contribution in [0.5, 0.6) is 5.75 Å². The number of unbranched alkanes of at least 4 members (excludes halogenated alkanes) is 5. The molecule has 0 aliphatic carbocycles. The minimum atomic E-state index is -0.288. The fraction of sp³-hybridized carbons (Fsp3) is 0.655. The highest BCUT2D eigenvalue weighted by atomic mass is 16.5. The van der Waals surface area contributed by atoms with E-state index >= 15 is 0 Å². The first-order chi connectivity index (χ1) is 16.9. The van der Waals surface area contributed by atoms with Gasteiger partial charge in [-0.25, -0.2) is 0 Å². The first-order valence-electron chi connectivity index (χ1n) is 13.6. The molecule has 0 atom stereocenters. The standard InChI is InChI=1S/C29H47N3O3/c1-5-7-8-9-10-11-24-35-26-15-12-25(13-16-26)14-17-27(33)30-18-19-31-20-22-32(23-21-31)28(34)29(3,4)6-2/h12-17H,5-11,18-24H2,1-4H3,(H,30,33)/b17-14+. The van der Waals surface area contributed by atoms with E-state index in [1.165, 1.54) is 32.1 Å². The predicted octanol–water partition coefficient (Wildman–Crippen LogP) is 5.14. The molecule has 1 saturated heterocycles. The Morgan fingerprint density at radius 1 is 0.971 bits per heavy atom. The fourth-order valence-corrected chi connectivity index (χ4v) is 4.07. The second-order valence-corrected chi connectivity index (χ2v) is 10.2. The van der Waals surface area contributed by atoms with Crippen molar-refractivity contribution in [1.82, 2.24) is 15.1 Å². The van der Waals surface area contributed by atoms with E-state index in [9.17, 15) is 9.59 Å². The number of benzene rings is 1. The molecule has 1 aromatic carbocycles. The Labute approximate surface area is 213 Å². The predicted molar refractivity (Wildman–Crippen MR) is 144 cm³/mol. The first-order valence-corrected chi connectivity index (χ1v) is 13.6. The van der Waals surface area contributed by atoms with E-state index in [0.717, 1.165) is 63.5 Å². The van der Waals surface area contributed by atoms with Crippen molar-refractivity contribution in [2.75, 3.05) is 45.9 Å². The summed E-state index contributed by atoms with van der Waals surface area (Å²) in [4.78, 5) is 29.1. The van der Waals surface area contributed by atoms with Crippen LogP contribution in [-0.4, -0.2) is 67.5 Å². The Hall–Kier alpha value is -2.34. The molecule has 196 valence electrons. The minimum Gasteiger partial charge on any atom is -0.494 e. The van der Waals surface area contributed by atoms with Crippen molar-refractivity contribution < 1.29 is 14.3 Å². The molecule has 2 amide bonds. The lowest BCUT2D eigenvalue weighted by atomic mass is 9.88. The molecule has 6 nitrogen and oxygen atoms in total. The zero-order valence-electron chi connectivity index (χ0n) is 22.5. The number of ether oxygens (including phenoxy) is 1. The van der Waals surface area contributed by atoms with Gasteiger partial charge in [0.2, 0.25) is 11.8 Å². The minimum absolute atomic E-state index is 0.0908. The normalized spacial score (nSPS) is 14.9. The van der Waals surface area contributed by atoms with Crippen LogP contribution >= 0.6 is 0 Å². The van der Waals surface area contributed by atoms with Gasteiger partial charge in [0, 0.05) is 50.8 Å². The third-order valence-corrected chi connectivity index (χ3v) is 6.92. The lowest BCUT2D eigenvalue weighted by Crippen LogP contribution is -2.53. The van der Waals surface area contributed by atoms with Gasteiger partial charge in [-0.3, -0.25) is 14.5 Å². The number of nitrogens with zero attached hydrogens (tertiary/aromatic N) is 2. The lowest BCUT2D eigenvalue weighted by molar-refractivity contribution is -0.142. The molecule has 1 aliphatic rings. The van der Waals surface area contributed by atoms with Crippen molar-refractivity contribution in [2.45, 2.75) is 72.6 Å². The third-order valence-electron chi connectivity index (χ3n) is 6.92. The van der Waals surface area contributed by atoms with Gasteiger partial charge in [0.25, 0.3) is 0 Å². The second kappa shape index (κ2) is 15.6. The van der Waals surface area contributed by atoms with Gasteiger partial charge < -0.3 is 15.0 Å². The molecule has 2 rings (SSSR count). The summed E-state index contributed by atoms with van der Waals surface area (Å²) in [5, 5.41) is 2.96. The monoisotopic (exact) mass is 485 g/mol. The average Bonchev–Trinajstić information content (AvgIpc) is 2.87. The van der Waals surface area contributed by atoms with Crippen molar-refractivity contribution in [3.63, 3.8) is 0 Å². The van der Waals surface area contributed by atoms with Crippen molar-refractivity contribution >= 4 is 17.9 Å². The van der Waals surface area contributed by atoms with E-state index in [1.807, 2.05) is 49.1 Å². The van der Waals surface area contributed by atoms with Gasteiger partial charge in [0.05, 0.1) is 6.61 Å². The highest BCUT2D eigenvalue weighted by Gasteiger charge is 2.31. The number of nitrogens with one attached hydrogen (secondary N) is 1. The number of piperazine rings is 1. The van der Waals surface area contributed by atoms with Gasteiger partial charge in [-0.15, -0.1) is 0 Å². The van der Waals surface area contributed by atoms with E-state index in [0.29, 0.717) is 6.54 Å². The molecule has 1 N–H and O–H groups in total. The van der Waals surface area contributed by atoms with E-state index < -0.39 is 0 Å².